The van der Waals surface area contributed by atoms with Crippen molar-refractivity contribution >= 4 is 11.9 Å². The van der Waals surface area contributed by atoms with E-state index in [0.717, 1.165) is 11.3 Å². The van der Waals surface area contributed by atoms with Crippen LogP contribution in [0, 0.1) is 0 Å². The molecule has 1 aliphatic carbocycles. The largest absolute Gasteiger partial charge is 0.467 e. The monoisotopic (exact) mass is 337 g/mol. The first-order chi connectivity index (χ1) is 12.1. The van der Waals surface area contributed by atoms with Crippen molar-refractivity contribution in [3.8, 4) is 0 Å². The minimum absolute atomic E-state index is 0.178. The van der Waals surface area contributed by atoms with Gasteiger partial charge in [0.05, 0.1) is 11.4 Å². The van der Waals surface area contributed by atoms with Crippen LogP contribution in [0.25, 0.3) is 0 Å². The SMILES string of the molecule is C=C(N)C1=C(/N=C\C)OC(C)C(c2ccc(C3CCCCC3)cc2)=N1. The Morgan fingerprint density at radius 1 is 1.24 bits per heavy atom. The Bertz CT molecular complexity index is 722. The quantitative estimate of drug-likeness (QED) is 0.811. The van der Waals surface area contributed by atoms with Gasteiger partial charge in [-0.25, -0.2) is 9.98 Å². The lowest BCUT2D eigenvalue weighted by atomic mass is 9.83. The van der Waals surface area contributed by atoms with E-state index in [-0.39, 0.29) is 6.10 Å². The fraction of sp³-hybridized carbons (Fsp3) is 0.429. The average Bonchev–Trinajstić information content (AvgIpc) is 2.63. The first kappa shape index (κ1) is 17.5. The van der Waals surface area contributed by atoms with Crippen LogP contribution < -0.4 is 5.73 Å². The third-order valence-electron chi connectivity index (χ3n) is 4.94. The van der Waals surface area contributed by atoms with E-state index in [0.29, 0.717) is 23.2 Å². The highest BCUT2D eigenvalue weighted by atomic mass is 16.5. The van der Waals surface area contributed by atoms with E-state index in [1.807, 2.05) is 13.8 Å². The summed E-state index contributed by atoms with van der Waals surface area (Å²) in [5, 5.41) is 0. The van der Waals surface area contributed by atoms with Crippen LogP contribution in [0.1, 0.15) is 63.0 Å². The molecule has 0 bridgehead atoms. The second kappa shape index (κ2) is 7.68. The summed E-state index contributed by atoms with van der Waals surface area (Å²) in [4.78, 5) is 8.93. The topological polar surface area (TPSA) is 60.0 Å². The zero-order chi connectivity index (χ0) is 17.8. The third-order valence-corrected chi connectivity index (χ3v) is 4.94. The van der Waals surface area contributed by atoms with E-state index in [1.54, 1.807) is 6.21 Å². The Hall–Kier alpha value is -2.36. The van der Waals surface area contributed by atoms with Gasteiger partial charge in [0.1, 0.15) is 11.8 Å². The van der Waals surface area contributed by atoms with Crippen molar-refractivity contribution in [3.63, 3.8) is 0 Å². The normalized spacial score (nSPS) is 22.0. The summed E-state index contributed by atoms with van der Waals surface area (Å²) >= 11 is 0. The number of nitrogens with two attached hydrogens (primary N) is 1. The third kappa shape index (κ3) is 3.84. The Labute approximate surface area is 150 Å². The van der Waals surface area contributed by atoms with Gasteiger partial charge < -0.3 is 10.5 Å². The summed E-state index contributed by atoms with van der Waals surface area (Å²) < 4.78 is 5.92. The number of rotatable bonds is 4. The summed E-state index contributed by atoms with van der Waals surface area (Å²) in [7, 11) is 0. The van der Waals surface area contributed by atoms with Crippen molar-refractivity contribution in [1.82, 2.24) is 0 Å². The van der Waals surface area contributed by atoms with Gasteiger partial charge in [-0.15, -0.1) is 0 Å². The van der Waals surface area contributed by atoms with Crippen molar-refractivity contribution in [1.29, 1.82) is 0 Å². The molecule has 132 valence electrons. The Balaban J connectivity index is 1.89. The number of nitrogens with zero attached hydrogens (tertiary/aromatic N) is 2. The Morgan fingerprint density at radius 2 is 1.92 bits per heavy atom. The smallest absolute Gasteiger partial charge is 0.242 e. The summed E-state index contributed by atoms with van der Waals surface area (Å²) in [5.41, 5.74) is 10.1. The maximum atomic E-state index is 5.92. The van der Waals surface area contributed by atoms with Crippen molar-refractivity contribution < 1.29 is 4.74 Å². The lowest BCUT2D eigenvalue weighted by Gasteiger charge is -2.25. The highest BCUT2D eigenvalue weighted by molar-refractivity contribution is 6.05. The molecule has 1 heterocycles. The first-order valence-electron chi connectivity index (χ1n) is 9.13. The molecule has 4 nitrogen and oxygen atoms in total. The molecule has 0 spiro atoms. The van der Waals surface area contributed by atoms with E-state index in [4.69, 9.17) is 15.5 Å². The molecule has 2 N–H and O–H groups in total. The van der Waals surface area contributed by atoms with Crippen LogP contribution in [0.15, 0.2) is 58.1 Å². The highest BCUT2D eigenvalue weighted by Crippen LogP contribution is 2.33. The lowest BCUT2D eigenvalue weighted by molar-refractivity contribution is 0.175. The predicted molar refractivity (Wildman–Crippen MR) is 104 cm³/mol. The first-order valence-corrected chi connectivity index (χ1v) is 9.13. The standard InChI is InChI=1S/C21H27N3O/c1-4-23-21-19(14(2)22)24-20(15(3)25-21)18-12-10-17(11-13-18)16-8-6-5-7-9-16/h4,10-13,15-16H,2,5-9,22H2,1,3H3/b23-4-. The maximum Gasteiger partial charge on any atom is 0.242 e. The summed E-state index contributed by atoms with van der Waals surface area (Å²) in [6, 6.07) is 8.77. The molecule has 3 rings (SSSR count). The summed E-state index contributed by atoms with van der Waals surface area (Å²) in [5.74, 6) is 1.14. The van der Waals surface area contributed by atoms with Gasteiger partial charge in [-0.1, -0.05) is 50.1 Å². The van der Waals surface area contributed by atoms with Gasteiger partial charge >= 0.3 is 0 Å². The molecule has 0 aromatic heterocycles. The molecule has 2 aliphatic rings. The van der Waals surface area contributed by atoms with E-state index in [1.165, 1.54) is 37.7 Å². The Morgan fingerprint density at radius 3 is 2.52 bits per heavy atom. The van der Waals surface area contributed by atoms with Crippen LogP contribution in [0.5, 0.6) is 0 Å². The molecular formula is C21H27N3O. The van der Waals surface area contributed by atoms with Crippen molar-refractivity contribution in [2.75, 3.05) is 0 Å². The minimum Gasteiger partial charge on any atom is -0.467 e. The molecule has 1 fully saturated rings. The molecule has 0 saturated heterocycles. The van der Waals surface area contributed by atoms with Crippen LogP contribution in [0.2, 0.25) is 0 Å². The van der Waals surface area contributed by atoms with Crippen molar-refractivity contribution in [2.24, 2.45) is 15.7 Å². The predicted octanol–water partition coefficient (Wildman–Crippen LogP) is 4.67. The average molecular weight is 337 g/mol. The zero-order valence-electron chi connectivity index (χ0n) is 15.2. The number of aliphatic imine (C=N–C) groups is 2. The van der Waals surface area contributed by atoms with Gasteiger partial charge in [-0.3, -0.25) is 0 Å². The Kier molecular flexibility index (Phi) is 5.37. The molecule has 1 aliphatic heterocycles. The summed E-state index contributed by atoms with van der Waals surface area (Å²) in [6.45, 7) is 7.61. The van der Waals surface area contributed by atoms with Gasteiger partial charge in [0.15, 0.2) is 0 Å². The van der Waals surface area contributed by atoms with Crippen molar-refractivity contribution in [2.45, 2.75) is 58.0 Å². The molecule has 1 saturated carbocycles. The maximum absolute atomic E-state index is 5.92. The van der Waals surface area contributed by atoms with E-state index in [2.05, 4.69) is 35.8 Å². The van der Waals surface area contributed by atoms with Crippen LogP contribution in [-0.4, -0.2) is 18.0 Å². The fourth-order valence-corrected chi connectivity index (χ4v) is 3.62. The highest BCUT2D eigenvalue weighted by Gasteiger charge is 2.25. The van der Waals surface area contributed by atoms with E-state index >= 15 is 0 Å². The van der Waals surface area contributed by atoms with E-state index < -0.39 is 0 Å². The zero-order valence-corrected chi connectivity index (χ0v) is 15.2. The molecule has 0 radical (unpaired) electrons. The van der Waals surface area contributed by atoms with Crippen molar-refractivity contribution in [3.05, 3.63) is 59.2 Å². The van der Waals surface area contributed by atoms with Crippen LogP contribution in [0.3, 0.4) is 0 Å². The molecule has 25 heavy (non-hydrogen) atoms. The van der Waals surface area contributed by atoms with Crippen LogP contribution in [-0.2, 0) is 4.74 Å². The molecule has 4 heteroatoms. The molecular weight excluding hydrogens is 310 g/mol. The minimum atomic E-state index is -0.178. The van der Waals surface area contributed by atoms with Crippen LogP contribution in [0.4, 0.5) is 0 Å². The molecule has 1 aromatic carbocycles. The van der Waals surface area contributed by atoms with Crippen LogP contribution >= 0.6 is 0 Å². The number of hydrogen-bond acceptors (Lipinski definition) is 4. The number of ether oxygens (including phenoxy) is 1. The second-order valence-corrected chi connectivity index (χ2v) is 6.78. The molecule has 1 unspecified atom stereocenters. The van der Waals surface area contributed by atoms with Gasteiger partial charge in [0, 0.05) is 6.21 Å². The van der Waals surface area contributed by atoms with E-state index in [9.17, 15) is 0 Å². The summed E-state index contributed by atoms with van der Waals surface area (Å²) in [6.07, 6.45) is 8.17. The molecule has 0 amide bonds. The second-order valence-electron chi connectivity index (χ2n) is 6.78. The molecule has 1 aromatic rings. The fourth-order valence-electron chi connectivity index (χ4n) is 3.62. The number of benzene rings is 1. The number of hydrogen-bond donors (Lipinski definition) is 1. The van der Waals surface area contributed by atoms with Gasteiger partial charge in [0.25, 0.3) is 0 Å². The lowest BCUT2D eigenvalue weighted by Crippen LogP contribution is -2.27. The van der Waals surface area contributed by atoms with Gasteiger partial charge in [-0.2, -0.15) is 0 Å². The van der Waals surface area contributed by atoms with Gasteiger partial charge in [0.2, 0.25) is 5.88 Å². The molecule has 1 atom stereocenters. The van der Waals surface area contributed by atoms with Gasteiger partial charge in [-0.05, 0) is 43.7 Å².